The Morgan fingerprint density at radius 1 is 1.00 bits per heavy atom. The maximum Gasteiger partial charge on any atom is 0.198 e. The third kappa shape index (κ3) is 2.28. The smallest absolute Gasteiger partial charge is 0.198 e. The summed E-state index contributed by atoms with van der Waals surface area (Å²) in [5, 5.41) is 0. The van der Waals surface area contributed by atoms with E-state index in [0.29, 0.717) is 5.95 Å². The lowest BCUT2D eigenvalue weighted by Crippen LogP contribution is -1.87. The zero-order valence-corrected chi connectivity index (χ0v) is 11.5. The molecule has 3 aromatic rings. The van der Waals surface area contributed by atoms with E-state index in [2.05, 4.69) is 46.1 Å². The summed E-state index contributed by atoms with van der Waals surface area (Å²) in [5.74, 6) is 0.421. The van der Waals surface area contributed by atoms with Gasteiger partial charge in [0.05, 0.1) is 11.4 Å². The average molecular weight is 264 g/mol. The number of aromatic nitrogens is 3. The molecule has 100 valence electrons. The van der Waals surface area contributed by atoms with Gasteiger partial charge in [-0.05, 0) is 26.0 Å². The molecule has 3 rings (SSSR count). The first kappa shape index (κ1) is 12.4. The number of pyridine rings is 1. The summed E-state index contributed by atoms with van der Waals surface area (Å²) in [4.78, 5) is 11.8. The van der Waals surface area contributed by atoms with Gasteiger partial charge >= 0.3 is 0 Å². The first-order chi connectivity index (χ1) is 9.63. The Balaban J connectivity index is 2.15. The Bertz CT molecular complexity index is 741. The van der Waals surface area contributed by atoms with Crippen LogP contribution in [-0.4, -0.2) is 15.0 Å². The molecule has 20 heavy (non-hydrogen) atoms. The molecule has 3 N–H and O–H groups in total. The molecule has 0 saturated heterocycles. The Morgan fingerprint density at radius 3 is 2.45 bits per heavy atom. The molecule has 2 heterocycles. The molecule has 0 atom stereocenters. The molecule has 0 aliphatic carbocycles. The minimum atomic E-state index is 0.421. The van der Waals surface area contributed by atoms with Gasteiger partial charge in [0, 0.05) is 23.0 Å². The van der Waals surface area contributed by atoms with Crippen molar-refractivity contribution in [1.82, 2.24) is 15.0 Å². The van der Waals surface area contributed by atoms with Gasteiger partial charge < -0.3 is 10.7 Å². The van der Waals surface area contributed by atoms with E-state index in [1.807, 2.05) is 19.1 Å². The zero-order valence-electron chi connectivity index (χ0n) is 11.5. The second kappa shape index (κ2) is 4.81. The number of nitrogen functional groups attached to an aromatic ring is 1. The molecule has 4 nitrogen and oxygen atoms in total. The van der Waals surface area contributed by atoms with Crippen LogP contribution in [0.3, 0.4) is 0 Å². The van der Waals surface area contributed by atoms with Crippen LogP contribution in [0.5, 0.6) is 0 Å². The molecule has 0 spiro atoms. The maximum absolute atomic E-state index is 5.84. The van der Waals surface area contributed by atoms with Gasteiger partial charge in [-0.1, -0.05) is 29.8 Å². The van der Waals surface area contributed by atoms with Gasteiger partial charge in [0.25, 0.3) is 0 Å². The molecule has 0 aliphatic rings. The molecule has 2 aromatic heterocycles. The van der Waals surface area contributed by atoms with Crippen molar-refractivity contribution in [3.05, 3.63) is 53.9 Å². The van der Waals surface area contributed by atoms with Gasteiger partial charge in [-0.25, -0.2) is 4.98 Å². The van der Waals surface area contributed by atoms with Gasteiger partial charge in [-0.3, -0.25) is 4.98 Å². The van der Waals surface area contributed by atoms with E-state index < -0.39 is 0 Å². The lowest BCUT2D eigenvalue weighted by atomic mass is 10.0. The predicted molar refractivity (Wildman–Crippen MR) is 81.1 cm³/mol. The Labute approximate surface area is 117 Å². The summed E-state index contributed by atoms with van der Waals surface area (Å²) in [6.45, 7) is 4.03. The van der Waals surface area contributed by atoms with E-state index in [1.54, 1.807) is 6.20 Å². The van der Waals surface area contributed by atoms with Gasteiger partial charge in [-0.2, -0.15) is 0 Å². The fourth-order valence-corrected chi connectivity index (χ4v) is 2.22. The molecule has 0 aliphatic heterocycles. The number of nitrogens with one attached hydrogen (secondary N) is 1. The van der Waals surface area contributed by atoms with Crippen molar-refractivity contribution in [2.75, 3.05) is 5.73 Å². The highest BCUT2D eigenvalue weighted by Gasteiger charge is 2.13. The van der Waals surface area contributed by atoms with Crippen LogP contribution in [-0.2, 0) is 0 Å². The molecule has 0 unspecified atom stereocenters. The molecular formula is C16H16N4. The number of aryl methyl sites for hydroxylation is 2. The second-order valence-corrected chi connectivity index (χ2v) is 4.90. The Morgan fingerprint density at radius 2 is 1.75 bits per heavy atom. The van der Waals surface area contributed by atoms with Gasteiger partial charge in [-0.15, -0.1) is 0 Å². The number of aromatic amines is 1. The average Bonchev–Trinajstić information content (AvgIpc) is 2.82. The highest BCUT2D eigenvalue weighted by molar-refractivity contribution is 5.79. The lowest BCUT2D eigenvalue weighted by molar-refractivity contribution is 1.20. The third-order valence-corrected chi connectivity index (χ3v) is 3.23. The van der Waals surface area contributed by atoms with Crippen molar-refractivity contribution in [3.63, 3.8) is 0 Å². The number of benzene rings is 1. The number of H-pyrrole nitrogens is 1. The van der Waals surface area contributed by atoms with E-state index >= 15 is 0 Å². The van der Waals surface area contributed by atoms with Crippen LogP contribution >= 0.6 is 0 Å². The number of hydrogen-bond donors (Lipinski definition) is 2. The standard InChI is InChI=1S/C16H16N4/c1-10-3-5-12(6-4-10)14-15(20-16(17)19-14)13-7-8-18-11(2)9-13/h3-9H,1-2H3,(H3,17,19,20). The van der Waals surface area contributed by atoms with Gasteiger partial charge in [0.15, 0.2) is 5.95 Å². The van der Waals surface area contributed by atoms with Crippen molar-refractivity contribution in [2.45, 2.75) is 13.8 Å². The summed E-state index contributed by atoms with van der Waals surface area (Å²) in [7, 11) is 0. The van der Waals surface area contributed by atoms with Crippen LogP contribution in [0.15, 0.2) is 42.6 Å². The number of hydrogen-bond acceptors (Lipinski definition) is 3. The van der Waals surface area contributed by atoms with Crippen molar-refractivity contribution in [3.8, 4) is 22.5 Å². The van der Waals surface area contributed by atoms with Crippen LogP contribution < -0.4 is 5.73 Å². The zero-order chi connectivity index (χ0) is 14.1. The van der Waals surface area contributed by atoms with E-state index in [4.69, 9.17) is 5.73 Å². The predicted octanol–water partition coefficient (Wildman–Crippen LogP) is 3.34. The Kier molecular flexibility index (Phi) is 2.99. The summed E-state index contributed by atoms with van der Waals surface area (Å²) in [6, 6.07) is 12.2. The lowest BCUT2D eigenvalue weighted by Gasteiger charge is -2.04. The minimum absolute atomic E-state index is 0.421. The number of rotatable bonds is 2. The molecule has 4 heteroatoms. The number of nitrogens with zero attached hydrogens (tertiary/aromatic N) is 2. The fraction of sp³-hybridized carbons (Fsp3) is 0.125. The summed E-state index contributed by atoms with van der Waals surface area (Å²) in [6.07, 6.45) is 1.79. The number of imidazole rings is 1. The van der Waals surface area contributed by atoms with Crippen LogP contribution in [0.4, 0.5) is 5.95 Å². The maximum atomic E-state index is 5.84. The molecule has 0 bridgehead atoms. The Hall–Kier alpha value is -2.62. The van der Waals surface area contributed by atoms with E-state index in [9.17, 15) is 0 Å². The fourth-order valence-electron chi connectivity index (χ4n) is 2.22. The van der Waals surface area contributed by atoms with E-state index in [0.717, 1.165) is 28.2 Å². The van der Waals surface area contributed by atoms with Gasteiger partial charge in [0.1, 0.15) is 0 Å². The summed E-state index contributed by atoms with van der Waals surface area (Å²) >= 11 is 0. The largest absolute Gasteiger partial charge is 0.369 e. The monoisotopic (exact) mass is 264 g/mol. The van der Waals surface area contributed by atoms with Crippen LogP contribution in [0.2, 0.25) is 0 Å². The third-order valence-electron chi connectivity index (χ3n) is 3.23. The van der Waals surface area contributed by atoms with E-state index in [-0.39, 0.29) is 0 Å². The number of nitrogens with two attached hydrogens (primary N) is 1. The van der Waals surface area contributed by atoms with Crippen molar-refractivity contribution >= 4 is 5.95 Å². The second-order valence-electron chi connectivity index (χ2n) is 4.90. The van der Waals surface area contributed by atoms with Crippen molar-refractivity contribution in [2.24, 2.45) is 0 Å². The number of anilines is 1. The molecular weight excluding hydrogens is 248 g/mol. The normalized spacial score (nSPS) is 10.7. The van der Waals surface area contributed by atoms with Gasteiger partial charge in [0.2, 0.25) is 0 Å². The van der Waals surface area contributed by atoms with Crippen LogP contribution in [0.1, 0.15) is 11.3 Å². The van der Waals surface area contributed by atoms with Crippen molar-refractivity contribution < 1.29 is 0 Å². The molecule has 0 saturated carbocycles. The van der Waals surface area contributed by atoms with E-state index in [1.165, 1.54) is 5.56 Å². The summed E-state index contributed by atoms with van der Waals surface area (Å²) in [5.41, 5.74) is 11.9. The first-order valence-corrected chi connectivity index (χ1v) is 6.49. The van der Waals surface area contributed by atoms with Crippen molar-refractivity contribution in [1.29, 1.82) is 0 Å². The molecule has 1 aromatic carbocycles. The minimum Gasteiger partial charge on any atom is -0.369 e. The SMILES string of the molecule is Cc1ccc(-c2[nH]c(N)nc2-c2ccnc(C)c2)cc1. The molecule has 0 radical (unpaired) electrons. The highest BCUT2D eigenvalue weighted by atomic mass is 15.0. The molecule has 0 amide bonds. The topological polar surface area (TPSA) is 67.6 Å². The first-order valence-electron chi connectivity index (χ1n) is 6.49. The van der Waals surface area contributed by atoms with Crippen LogP contribution in [0, 0.1) is 13.8 Å². The quantitative estimate of drug-likeness (QED) is 0.746. The summed E-state index contributed by atoms with van der Waals surface area (Å²) < 4.78 is 0. The van der Waals surface area contributed by atoms with Crippen LogP contribution in [0.25, 0.3) is 22.5 Å². The molecule has 0 fully saturated rings. The highest BCUT2D eigenvalue weighted by Crippen LogP contribution is 2.30.